The van der Waals surface area contributed by atoms with E-state index in [4.69, 9.17) is 4.99 Å². The van der Waals surface area contributed by atoms with Crippen LogP contribution in [0.25, 0.3) is 0 Å². The van der Waals surface area contributed by atoms with Crippen LogP contribution < -0.4 is 10.6 Å². The second kappa shape index (κ2) is 13.0. The van der Waals surface area contributed by atoms with Crippen LogP contribution in [-0.2, 0) is 6.42 Å². The zero-order chi connectivity index (χ0) is 19.6. The first-order valence-corrected chi connectivity index (χ1v) is 10.2. The van der Waals surface area contributed by atoms with Crippen LogP contribution in [-0.4, -0.2) is 74.0 Å². The summed E-state index contributed by atoms with van der Waals surface area (Å²) in [5, 5.41) is 6.11. The van der Waals surface area contributed by atoms with Crippen LogP contribution in [0.15, 0.2) is 29.3 Å². The molecule has 1 unspecified atom stereocenters. The normalized spacial score (nSPS) is 16.8. The Morgan fingerprint density at radius 1 is 1.29 bits per heavy atom. The van der Waals surface area contributed by atoms with E-state index in [2.05, 4.69) is 47.3 Å². The molecule has 1 heterocycles. The van der Waals surface area contributed by atoms with Gasteiger partial charge in [0.25, 0.3) is 5.91 Å². The molecule has 0 aromatic heterocycles. The number of guanidine groups is 1. The Hall–Kier alpha value is -1.35. The standard InChI is InChI=1S/C21H35N5O.HI/c1-5-23-21(26-14-12-19(16-26)25(6-2)7-3)24-13-11-17-9-8-10-18(15-17)20(27)22-4;/h8-10,15,19H,5-7,11-14,16H2,1-4H3,(H,22,27)(H,23,24);1H. The summed E-state index contributed by atoms with van der Waals surface area (Å²) >= 11 is 0. The molecular formula is C21H36IN5O. The van der Waals surface area contributed by atoms with E-state index in [1.807, 2.05) is 18.2 Å². The van der Waals surface area contributed by atoms with Crippen molar-refractivity contribution in [2.75, 3.05) is 46.3 Å². The lowest BCUT2D eigenvalue weighted by Crippen LogP contribution is -2.43. The van der Waals surface area contributed by atoms with E-state index in [0.29, 0.717) is 18.2 Å². The van der Waals surface area contributed by atoms with Gasteiger partial charge >= 0.3 is 0 Å². The van der Waals surface area contributed by atoms with Crippen molar-refractivity contribution in [2.45, 2.75) is 39.7 Å². The highest BCUT2D eigenvalue weighted by Crippen LogP contribution is 2.15. The second-order valence-electron chi connectivity index (χ2n) is 6.87. The number of benzene rings is 1. The van der Waals surface area contributed by atoms with Gasteiger partial charge in [-0.1, -0.05) is 26.0 Å². The summed E-state index contributed by atoms with van der Waals surface area (Å²) < 4.78 is 0. The highest BCUT2D eigenvalue weighted by atomic mass is 127. The predicted octanol–water partition coefficient (Wildman–Crippen LogP) is 2.59. The third-order valence-electron chi connectivity index (χ3n) is 5.20. The van der Waals surface area contributed by atoms with Crippen molar-refractivity contribution in [1.82, 2.24) is 20.4 Å². The van der Waals surface area contributed by atoms with Gasteiger partial charge in [0.2, 0.25) is 0 Å². The van der Waals surface area contributed by atoms with Crippen molar-refractivity contribution in [2.24, 2.45) is 4.99 Å². The van der Waals surface area contributed by atoms with E-state index in [-0.39, 0.29) is 29.9 Å². The molecule has 0 aliphatic carbocycles. The van der Waals surface area contributed by atoms with Crippen LogP contribution in [0, 0.1) is 0 Å². The Labute approximate surface area is 187 Å². The van der Waals surface area contributed by atoms with Crippen LogP contribution in [0.4, 0.5) is 0 Å². The van der Waals surface area contributed by atoms with Gasteiger partial charge in [0.1, 0.15) is 0 Å². The average Bonchev–Trinajstić information content (AvgIpc) is 3.17. The lowest BCUT2D eigenvalue weighted by atomic mass is 10.1. The Kier molecular flexibility index (Phi) is 11.4. The molecule has 0 spiro atoms. The van der Waals surface area contributed by atoms with Gasteiger partial charge in [-0.15, -0.1) is 24.0 Å². The quantitative estimate of drug-likeness (QED) is 0.327. The van der Waals surface area contributed by atoms with Crippen LogP contribution in [0.2, 0.25) is 0 Å². The number of likely N-dealkylation sites (tertiary alicyclic amines) is 1. The fraction of sp³-hybridized carbons (Fsp3) is 0.619. The number of nitrogens with one attached hydrogen (secondary N) is 2. The molecule has 0 bridgehead atoms. The minimum atomic E-state index is -0.0480. The summed E-state index contributed by atoms with van der Waals surface area (Å²) in [4.78, 5) is 21.5. The van der Waals surface area contributed by atoms with Crippen molar-refractivity contribution in [3.63, 3.8) is 0 Å². The van der Waals surface area contributed by atoms with Gasteiger partial charge in [0, 0.05) is 44.8 Å². The summed E-state index contributed by atoms with van der Waals surface area (Å²) in [6, 6.07) is 8.40. The molecule has 1 atom stereocenters. The third kappa shape index (κ3) is 6.92. The highest BCUT2D eigenvalue weighted by molar-refractivity contribution is 14.0. The molecule has 7 heteroatoms. The van der Waals surface area contributed by atoms with Crippen LogP contribution in [0.3, 0.4) is 0 Å². The summed E-state index contributed by atoms with van der Waals surface area (Å²) in [5.41, 5.74) is 1.84. The van der Waals surface area contributed by atoms with E-state index in [9.17, 15) is 4.79 Å². The van der Waals surface area contributed by atoms with Crippen molar-refractivity contribution in [3.8, 4) is 0 Å². The van der Waals surface area contributed by atoms with Crippen LogP contribution in [0.5, 0.6) is 0 Å². The topological polar surface area (TPSA) is 60.0 Å². The maximum Gasteiger partial charge on any atom is 0.251 e. The van der Waals surface area contributed by atoms with Crippen molar-refractivity contribution < 1.29 is 4.79 Å². The maximum atomic E-state index is 11.8. The number of carbonyl (C=O) groups is 1. The molecule has 1 aromatic carbocycles. The van der Waals surface area contributed by atoms with Gasteiger partial charge in [-0.3, -0.25) is 14.7 Å². The number of likely N-dealkylation sites (N-methyl/N-ethyl adjacent to an activating group) is 1. The SMILES string of the molecule is CCNC(=NCCc1cccc(C(=O)NC)c1)N1CCC(N(CC)CC)C1.I. The summed E-state index contributed by atoms with van der Waals surface area (Å²) in [5.74, 6) is 0.961. The third-order valence-corrected chi connectivity index (χ3v) is 5.20. The molecule has 1 saturated heterocycles. The average molecular weight is 501 g/mol. The molecule has 158 valence electrons. The van der Waals surface area contributed by atoms with Gasteiger partial charge in [-0.25, -0.2) is 0 Å². The Morgan fingerprint density at radius 3 is 2.68 bits per heavy atom. The largest absolute Gasteiger partial charge is 0.357 e. The van der Waals surface area contributed by atoms with Crippen molar-refractivity contribution in [1.29, 1.82) is 0 Å². The van der Waals surface area contributed by atoms with Crippen LogP contribution >= 0.6 is 24.0 Å². The summed E-state index contributed by atoms with van der Waals surface area (Å²) in [6.45, 7) is 12.5. The van der Waals surface area contributed by atoms with E-state index >= 15 is 0 Å². The molecule has 0 radical (unpaired) electrons. The highest BCUT2D eigenvalue weighted by Gasteiger charge is 2.27. The first kappa shape index (κ1) is 24.7. The molecule has 2 N–H and O–H groups in total. The lowest BCUT2D eigenvalue weighted by molar-refractivity contribution is 0.0963. The molecule has 2 rings (SSSR count). The molecule has 1 aliphatic heterocycles. The predicted molar refractivity (Wildman–Crippen MR) is 128 cm³/mol. The van der Waals surface area contributed by atoms with Gasteiger partial charge in [0.05, 0.1) is 0 Å². The Bertz CT molecular complexity index is 633. The second-order valence-corrected chi connectivity index (χ2v) is 6.87. The molecule has 28 heavy (non-hydrogen) atoms. The first-order chi connectivity index (χ1) is 13.1. The minimum absolute atomic E-state index is 0. The molecule has 1 amide bonds. The maximum absolute atomic E-state index is 11.8. The monoisotopic (exact) mass is 501 g/mol. The molecule has 1 aliphatic rings. The number of nitrogens with zero attached hydrogens (tertiary/aromatic N) is 3. The Balaban J connectivity index is 0.00000392. The molecule has 6 nitrogen and oxygen atoms in total. The number of hydrogen-bond donors (Lipinski definition) is 2. The first-order valence-electron chi connectivity index (χ1n) is 10.2. The lowest BCUT2D eigenvalue weighted by Gasteiger charge is -2.27. The minimum Gasteiger partial charge on any atom is -0.357 e. The zero-order valence-corrected chi connectivity index (χ0v) is 20.0. The smallest absolute Gasteiger partial charge is 0.251 e. The summed E-state index contributed by atoms with van der Waals surface area (Å²) in [6.07, 6.45) is 2.02. The number of carbonyl (C=O) groups excluding carboxylic acids is 1. The van der Waals surface area contributed by atoms with E-state index in [1.165, 1.54) is 6.42 Å². The number of halogens is 1. The van der Waals surface area contributed by atoms with Gasteiger partial charge < -0.3 is 15.5 Å². The van der Waals surface area contributed by atoms with Crippen molar-refractivity contribution >= 4 is 35.8 Å². The summed E-state index contributed by atoms with van der Waals surface area (Å²) in [7, 11) is 1.66. The number of amides is 1. The van der Waals surface area contributed by atoms with Crippen molar-refractivity contribution in [3.05, 3.63) is 35.4 Å². The zero-order valence-electron chi connectivity index (χ0n) is 17.7. The van der Waals surface area contributed by atoms with Gasteiger partial charge in [-0.05, 0) is 50.6 Å². The number of rotatable bonds is 8. The number of aliphatic imine (C=N–C) groups is 1. The molecular weight excluding hydrogens is 465 g/mol. The van der Waals surface area contributed by atoms with Gasteiger partial charge in [-0.2, -0.15) is 0 Å². The molecule has 1 fully saturated rings. The molecule has 0 saturated carbocycles. The van der Waals surface area contributed by atoms with E-state index < -0.39 is 0 Å². The molecule has 1 aromatic rings. The van der Waals surface area contributed by atoms with Crippen LogP contribution in [0.1, 0.15) is 43.1 Å². The van der Waals surface area contributed by atoms with E-state index in [0.717, 1.165) is 50.7 Å². The van der Waals surface area contributed by atoms with E-state index in [1.54, 1.807) is 7.05 Å². The fourth-order valence-corrected chi connectivity index (χ4v) is 3.70. The number of hydrogen-bond acceptors (Lipinski definition) is 3. The fourth-order valence-electron chi connectivity index (χ4n) is 3.70. The Morgan fingerprint density at radius 2 is 2.04 bits per heavy atom. The van der Waals surface area contributed by atoms with Gasteiger partial charge in [0.15, 0.2) is 5.96 Å².